The average Bonchev–Trinajstić information content (AvgIpc) is 3.22. The van der Waals surface area contributed by atoms with Gasteiger partial charge in [-0.3, -0.25) is 14.7 Å². The van der Waals surface area contributed by atoms with Crippen LogP contribution in [-0.2, 0) is 11.3 Å². The smallest absolute Gasteiger partial charge is 0.239 e. The molecule has 2 aliphatic rings. The fourth-order valence-electron chi connectivity index (χ4n) is 2.66. The van der Waals surface area contributed by atoms with Crippen molar-refractivity contribution in [1.29, 1.82) is 0 Å². The second-order valence-electron chi connectivity index (χ2n) is 6.00. The van der Waals surface area contributed by atoms with Gasteiger partial charge in [-0.1, -0.05) is 5.16 Å². The third-order valence-corrected chi connectivity index (χ3v) is 4.11. The van der Waals surface area contributed by atoms with Crippen LogP contribution in [0.5, 0.6) is 0 Å². The molecule has 1 amide bonds. The normalized spacial score (nSPS) is 18.9. The van der Waals surface area contributed by atoms with Crippen LogP contribution in [0.15, 0.2) is 21.8 Å². The van der Waals surface area contributed by atoms with Crippen molar-refractivity contribution in [3.63, 3.8) is 0 Å². The van der Waals surface area contributed by atoms with E-state index in [0.29, 0.717) is 6.04 Å². The molecule has 24 heavy (non-hydrogen) atoms. The van der Waals surface area contributed by atoms with Crippen molar-refractivity contribution < 1.29 is 9.32 Å². The predicted molar refractivity (Wildman–Crippen MR) is 101 cm³/mol. The quantitative estimate of drug-likeness (QED) is 0.382. The van der Waals surface area contributed by atoms with E-state index in [9.17, 15) is 4.79 Å². The molecule has 1 aromatic rings. The summed E-state index contributed by atoms with van der Waals surface area (Å²) in [5, 5.41) is 10.1. The van der Waals surface area contributed by atoms with E-state index < -0.39 is 0 Å². The number of hydrogen-bond donors (Lipinski definition) is 2. The number of rotatable bonds is 5. The van der Waals surface area contributed by atoms with E-state index in [1.807, 2.05) is 6.07 Å². The zero-order valence-corrected chi connectivity index (χ0v) is 16.2. The molecule has 0 radical (unpaired) electrons. The van der Waals surface area contributed by atoms with E-state index >= 15 is 0 Å². The van der Waals surface area contributed by atoms with Gasteiger partial charge < -0.3 is 20.1 Å². The second-order valence-corrected chi connectivity index (χ2v) is 6.00. The van der Waals surface area contributed by atoms with E-state index in [1.54, 1.807) is 13.3 Å². The summed E-state index contributed by atoms with van der Waals surface area (Å²) in [4.78, 5) is 20.6. The maximum Gasteiger partial charge on any atom is 0.239 e. The van der Waals surface area contributed by atoms with E-state index in [4.69, 9.17) is 4.52 Å². The summed E-state index contributed by atoms with van der Waals surface area (Å²) in [7, 11) is 1.75. The van der Waals surface area contributed by atoms with Gasteiger partial charge in [-0.05, 0) is 12.8 Å². The lowest BCUT2D eigenvalue weighted by Crippen LogP contribution is -2.53. The van der Waals surface area contributed by atoms with Gasteiger partial charge in [0.25, 0.3) is 0 Å². The number of amides is 1. The molecule has 9 heteroatoms. The van der Waals surface area contributed by atoms with Crippen LogP contribution in [0.25, 0.3) is 0 Å². The second kappa shape index (κ2) is 9.21. The van der Waals surface area contributed by atoms with Crippen LogP contribution in [-0.4, -0.2) is 72.6 Å². The first-order chi connectivity index (χ1) is 11.2. The summed E-state index contributed by atoms with van der Waals surface area (Å²) >= 11 is 0. The third-order valence-electron chi connectivity index (χ3n) is 4.11. The van der Waals surface area contributed by atoms with Gasteiger partial charge in [0.1, 0.15) is 6.26 Å². The van der Waals surface area contributed by atoms with Gasteiger partial charge in [-0.2, -0.15) is 0 Å². The Labute approximate surface area is 159 Å². The molecule has 1 aromatic heterocycles. The summed E-state index contributed by atoms with van der Waals surface area (Å²) < 4.78 is 4.86. The molecule has 1 saturated carbocycles. The minimum atomic E-state index is 0. The predicted octanol–water partition coefficient (Wildman–Crippen LogP) is 0.264. The van der Waals surface area contributed by atoms with Crippen molar-refractivity contribution in [1.82, 2.24) is 25.6 Å². The minimum absolute atomic E-state index is 0. The number of nitrogens with one attached hydrogen (secondary N) is 2. The van der Waals surface area contributed by atoms with Crippen LogP contribution in [0, 0.1) is 0 Å². The highest BCUT2D eigenvalue weighted by molar-refractivity contribution is 14.0. The first kappa shape index (κ1) is 19.0. The number of aliphatic imine (C=N–C) groups is 1. The molecule has 0 unspecified atom stereocenters. The van der Waals surface area contributed by atoms with Crippen LogP contribution in [0.4, 0.5) is 0 Å². The zero-order chi connectivity index (χ0) is 16.1. The first-order valence-corrected chi connectivity index (χ1v) is 8.11. The molecular weight excluding hydrogens is 423 g/mol. The van der Waals surface area contributed by atoms with Crippen molar-refractivity contribution in [3.05, 3.63) is 18.0 Å². The average molecular weight is 448 g/mol. The SMILES string of the molecule is CN=C(NCC(=O)NC1CC1)N1CCN(Cc2ccon2)CC1.I. The summed E-state index contributed by atoms with van der Waals surface area (Å²) in [6, 6.07) is 2.29. The molecular formula is C15H25IN6O2. The van der Waals surface area contributed by atoms with E-state index in [-0.39, 0.29) is 36.4 Å². The van der Waals surface area contributed by atoms with Crippen molar-refractivity contribution in [2.45, 2.75) is 25.4 Å². The van der Waals surface area contributed by atoms with Gasteiger partial charge in [-0.25, -0.2) is 0 Å². The molecule has 134 valence electrons. The highest BCUT2D eigenvalue weighted by atomic mass is 127. The Morgan fingerprint density at radius 1 is 1.38 bits per heavy atom. The fourth-order valence-corrected chi connectivity index (χ4v) is 2.66. The molecule has 0 aromatic carbocycles. The van der Waals surface area contributed by atoms with Crippen molar-refractivity contribution >= 4 is 35.8 Å². The van der Waals surface area contributed by atoms with Gasteiger partial charge in [-0.15, -0.1) is 24.0 Å². The Bertz CT molecular complexity index is 538. The number of halogens is 1. The zero-order valence-electron chi connectivity index (χ0n) is 13.9. The van der Waals surface area contributed by atoms with Crippen LogP contribution in [0.1, 0.15) is 18.5 Å². The van der Waals surface area contributed by atoms with Gasteiger partial charge >= 0.3 is 0 Å². The highest BCUT2D eigenvalue weighted by Gasteiger charge is 2.24. The van der Waals surface area contributed by atoms with Crippen molar-refractivity contribution in [2.24, 2.45) is 4.99 Å². The van der Waals surface area contributed by atoms with Crippen molar-refractivity contribution in [2.75, 3.05) is 39.8 Å². The lowest BCUT2D eigenvalue weighted by molar-refractivity contribution is -0.120. The maximum atomic E-state index is 11.8. The largest absolute Gasteiger partial charge is 0.364 e. The molecule has 8 nitrogen and oxygen atoms in total. The molecule has 1 saturated heterocycles. The number of carbonyl (C=O) groups is 1. The number of carbonyl (C=O) groups excluding carboxylic acids is 1. The molecule has 2 fully saturated rings. The number of nitrogens with zero attached hydrogens (tertiary/aromatic N) is 4. The Hall–Kier alpha value is -1.36. The topological polar surface area (TPSA) is 86.0 Å². The lowest BCUT2D eigenvalue weighted by Gasteiger charge is -2.36. The Balaban J connectivity index is 0.00000208. The molecule has 0 spiro atoms. The highest BCUT2D eigenvalue weighted by Crippen LogP contribution is 2.18. The summed E-state index contributed by atoms with van der Waals surface area (Å²) in [5.41, 5.74) is 0.956. The molecule has 0 bridgehead atoms. The lowest BCUT2D eigenvalue weighted by atomic mass is 10.3. The maximum absolute atomic E-state index is 11.8. The van der Waals surface area contributed by atoms with Gasteiger partial charge in [0.2, 0.25) is 5.91 Å². The van der Waals surface area contributed by atoms with Crippen LogP contribution in [0.3, 0.4) is 0 Å². The standard InChI is InChI=1S/C15H24N6O2.HI/c1-16-15(17-10-14(22)18-12-2-3-12)21-7-5-20(6-8-21)11-13-4-9-23-19-13;/h4,9,12H,2-3,5-8,10-11H2,1H3,(H,16,17)(H,18,22);1H. The molecule has 2 N–H and O–H groups in total. The molecule has 1 aliphatic heterocycles. The molecule has 1 aliphatic carbocycles. The summed E-state index contributed by atoms with van der Waals surface area (Å²) in [5.74, 6) is 0.829. The Morgan fingerprint density at radius 3 is 2.71 bits per heavy atom. The molecule has 2 heterocycles. The van der Waals surface area contributed by atoms with Gasteiger partial charge in [0, 0.05) is 51.9 Å². The number of hydrogen-bond acceptors (Lipinski definition) is 5. The monoisotopic (exact) mass is 448 g/mol. The van der Waals surface area contributed by atoms with E-state index in [2.05, 4.69) is 30.6 Å². The van der Waals surface area contributed by atoms with E-state index in [1.165, 1.54) is 0 Å². The summed E-state index contributed by atoms with van der Waals surface area (Å²) in [6.45, 7) is 4.70. The molecule has 0 atom stereocenters. The third kappa shape index (κ3) is 5.62. The van der Waals surface area contributed by atoms with Crippen LogP contribution >= 0.6 is 24.0 Å². The number of guanidine groups is 1. The van der Waals surface area contributed by atoms with Crippen LogP contribution in [0.2, 0.25) is 0 Å². The fraction of sp³-hybridized carbons (Fsp3) is 0.667. The summed E-state index contributed by atoms with van der Waals surface area (Å²) in [6.07, 6.45) is 3.81. The first-order valence-electron chi connectivity index (χ1n) is 8.11. The van der Waals surface area contributed by atoms with E-state index in [0.717, 1.165) is 57.2 Å². The molecule has 3 rings (SSSR count). The van der Waals surface area contributed by atoms with Crippen molar-refractivity contribution in [3.8, 4) is 0 Å². The Morgan fingerprint density at radius 2 is 2.12 bits per heavy atom. The van der Waals surface area contributed by atoms with Crippen LogP contribution < -0.4 is 10.6 Å². The minimum Gasteiger partial charge on any atom is -0.364 e. The number of piperazine rings is 1. The Kier molecular flexibility index (Phi) is 7.28. The van der Waals surface area contributed by atoms with Gasteiger partial charge in [0.05, 0.1) is 12.2 Å². The number of aromatic nitrogens is 1. The van der Waals surface area contributed by atoms with Gasteiger partial charge in [0.15, 0.2) is 5.96 Å².